The van der Waals surface area contributed by atoms with E-state index < -0.39 is 29.6 Å². The Hall–Kier alpha value is -2.74. The second-order valence-corrected chi connectivity index (χ2v) is 6.35. The van der Waals surface area contributed by atoms with E-state index in [4.69, 9.17) is 4.74 Å². The molecule has 7 nitrogen and oxygen atoms in total. The molecule has 2 N–H and O–H groups in total. The third-order valence-electron chi connectivity index (χ3n) is 4.56. The van der Waals surface area contributed by atoms with Crippen LogP contribution in [0.2, 0.25) is 0 Å². The number of carbonyl (C=O) groups excluding carboxylic acids is 1. The number of rotatable bonds is 6. The molecule has 1 aliphatic carbocycles. The Kier molecular flexibility index (Phi) is 5.32. The molecule has 0 bridgehead atoms. The van der Waals surface area contributed by atoms with Crippen molar-refractivity contribution >= 4 is 5.91 Å². The third kappa shape index (κ3) is 3.91. The highest BCUT2D eigenvalue weighted by Crippen LogP contribution is 2.41. The van der Waals surface area contributed by atoms with Crippen molar-refractivity contribution in [1.29, 1.82) is 0 Å². The Bertz CT molecular complexity index is 848. The number of nitrogens with one attached hydrogen (secondary N) is 1. The molecule has 1 heterocycles. The van der Waals surface area contributed by atoms with Crippen LogP contribution < -0.4 is 15.7 Å². The minimum Gasteiger partial charge on any atom is -0.496 e. The first kappa shape index (κ1) is 18.1. The number of hydrogen-bond donors (Lipinski definition) is 2. The number of ether oxygens (including phenoxy) is 1. The zero-order chi connectivity index (χ0) is 18.7. The molecule has 3 rings (SSSR count). The fourth-order valence-corrected chi connectivity index (χ4v) is 3.18. The molecule has 1 aromatic heterocycles. The van der Waals surface area contributed by atoms with E-state index in [0.717, 1.165) is 0 Å². The monoisotopic (exact) mass is 361 g/mol. The van der Waals surface area contributed by atoms with E-state index in [-0.39, 0.29) is 12.5 Å². The predicted molar refractivity (Wildman–Crippen MR) is 91.1 cm³/mol. The summed E-state index contributed by atoms with van der Waals surface area (Å²) in [6.07, 6.45) is 3.39. The molecule has 1 amide bonds. The normalized spacial score (nSPS) is 20.1. The summed E-state index contributed by atoms with van der Waals surface area (Å²) in [5.74, 6) is -0.437. The summed E-state index contributed by atoms with van der Waals surface area (Å²) >= 11 is 0. The lowest BCUT2D eigenvalue weighted by atomic mass is 9.75. The molecule has 1 atom stereocenters. The average Bonchev–Trinajstić information content (AvgIpc) is 2.59. The van der Waals surface area contributed by atoms with E-state index in [1.807, 2.05) is 0 Å². The van der Waals surface area contributed by atoms with E-state index >= 15 is 0 Å². The fraction of sp³-hybridized carbons (Fsp3) is 0.389. The van der Waals surface area contributed by atoms with Gasteiger partial charge in [0.25, 0.3) is 0 Å². The molecule has 2 aromatic rings. The number of aliphatic hydroxyl groups is 1. The molecule has 1 aliphatic rings. The Morgan fingerprint density at radius 2 is 2.27 bits per heavy atom. The summed E-state index contributed by atoms with van der Waals surface area (Å²) in [6, 6.07) is 5.15. The number of aliphatic hydroxyl groups excluding tert-OH is 1. The van der Waals surface area contributed by atoms with E-state index in [1.165, 1.54) is 42.3 Å². The maximum absolute atomic E-state index is 13.8. The quantitative estimate of drug-likeness (QED) is 0.801. The van der Waals surface area contributed by atoms with E-state index in [9.17, 15) is 19.1 Å². The topological polar surface area (TPSA) is 93.5 Å². The zero-order valence-corrected chi connectivity index (χ0v) is 14.3. The molecule has 0 saturated heterocycles. The van der Waals surface area contributed by atoms with Gasteiger partial charge in [-0.15, -0.1) is 0 Å². The summed E-state index contributed by atoms with van der Waals surface area (Å²) in [5, 5.41) is 12.5. The van der Waals surface area contributed by atoms with Crippen molar-refractivity contribution < 1.29 is 19.0 Å². The summed E-state index contributed by atoms with van der Waals surface area (Å²) in [4.78, 5) is 27.7. The van der Waals surface area contributed by atoms with Crippen LogP contribution in [-0.2, 0) is 11.3 Å². The van der Waals surface area contributed by atoms with Gasteiger partial charge in [-0.25, -0.2) is 14.2 Å². The molecule has 0 spiro atoms. The van der Waals surface area contributed by atoms with Gasteiger partial charge in [0.05, 0.1) is 19.3 Å². The fourth-order valence-electron chi connectivity index (χ4n) is 3.18. The smallest absolute Gasteiger partial charge is 0.347 e. The van der Waals surface area contributed by atoms with Crippen LogP contribution in [-0.4, -0.2) is 33.8 Å². The number of aromatic nitrogens is 2. The highest BCUT2D eigenvalue weighted by Gasteiger charge is 2.37. The SMILES string of the molecule is COc1ccc(F)cc1[C@H](NC(=O)Cn1cccnc1=O)C1CC(O)C1. The van der Waals surface area contributed by atoms with E-state index in [2.05, 4.69) is 10.3 Å². The van der Waals surface area contributed by atoms with Gasteiger partial charge in [0.2, 0.25) is 5.91 Å². The van der Waals surface area contributed by atoms with Crippen molar-refractivity contribution in [3.05, 3.63) is 58.5 Å². The van der Waals surface area contributed by atoms with Gasteiger partial charge in [-0.1, -0.05) is 0 Å². The van der Waals surface area contributed by atoms with Gasteiger partial charge in [-0.05, 0) is 43.0 Å². The number of methoxy groups -OCH3 is 1. The summed E-state index contributed by atoms with van der Waals surface area (Å²) in [5.41, 5.74) is -0.0158. The molecule has 1 saturated carbocycles. The van der Waals surface area contributed by atoms with Crippen molar-refractivity contribution in [2.24, 2.45) is 5.92 Å². The van der Waals surface area contributed by atoms with Gasteiger partial charge in [0.15, 0.2) is 0 Å². The van der Waals surface area contributed by atoms with Crippen molar-refractivity contribution in [3.8, 4) is 5.75 Å². The van der Waals surface area contributed by atoms with Gasteiger partial charge < -0.3 is 15.2 Å². The third-order valence-corrected chi connectivity index (χ3v) is 4.56. The minimum atomic E-state index is -0.526. The van der Waals surface area contributed by atoms with Gasteiger partial charge in [0, 0.05) is 18.0 Å². The Morgan fingerprint density at radius 1 is 1.50 bits per heavy atom. The molecule has 0 unspecified atom stereocenters. The van der Waals surface area contributed by atoms with Crippen molar-refractivity contribution in [1.82, 2.24) is 14.9 Å². The maximum Gasteiger partial charge on any atom is 0.347 e. The molecule has 1 fully saturated rings. The maximum atomic E-state index is 13.8. The zero-order valence-electron chi connectivity index (χ0n) is 14.3. The molecular weight excluding hydrogens is 341 g/mol. The number of nitrogens with zero attached hydrogens (tertiary/aromatic N) is 2. The predicted octanol–water partition coefficient (Wildman–Crippen LogP) is 1.02. The van der Waals surface area contributed by atoms with Crippen molar-refractivity contribution in [2.75, 3.05) is 7.11 Å². The second kappa shape index (κ2) is 7.65. The largest absolute Gasteiger partial charge is 0.496 e. The van der Waals surface area contributed by atoms with Crippen molar-refractivity contribution in [3.63, 3.8) is 0 Å². The van der Waals surface area contributed by atoms with Gasteiger partial charge >= 0.3 is 5.69 Å². The first-order valence-electron chi connectivity index (χ1n) is 8.30. The number of benzene rings is 1. The van der Waals surface area contributed by atoms with E-state index in [1.54, 1.807) is 6.07 Å². The number of amides is 1. The summed E-state index contributed by atoms with van der Waals surface area (Å²) < 4.78 is 20.3. The lowest BCUT2D eigenvalue weighted by Gasteiger charge is -2.38. The molecule has 8 heteroatoms. The Morgan fingerprint density at radius 3 is 2.92 bits per heavy atom. The van der Waals surface area contributed by atoms with Crippen LogP contribution in [0.5, 0.6) is 5.75 Å². The van der Waals surface area contributed by atoms with Crippen molar-refractivity contribution in [2.45, 2.75) is 31.5 Å². The highest BCUT2D eigenvalue weighted by molar-refractivity contribution is 5.76. The molecule has 0 radical (unpaired) electrons. The van der Waals surface area contributed by atoms with Crippen LogP contribution in [0.25, 0.3) is 0 Å². The minimum absolute atomic E-state index is 0.0460. The Balaban J connectivity index is 1.83. The average molecular weight is 361 g/mol. The van der Waals surface area contributed by atoms with Gasteiger partial charge in [-0.2, -0.15) is 0 Å². The number of hydrogen-bond acceptors (Lipinski definition) is 5. The van der Waals surface area contributed by atoms with Crippen LogP contribution >= 0.6 is 0 Å². The number of halogens is 1. The van der Waals surface area contributed by atoms with Crippen LogP contribution in [0.1, 0.15) is 24.4 Å². The lowest BCUT2D eigenvalue weighted by molar-refractivity contribution is -0.123. The van der Waals surface area contributed by atoms with Gasteiger partial charge in [0.1, 0.15) is 18.1 Å². The first-order valence-corrected chi connectivity index (χ1v) is 8.30. The van der Waals surface area contributed by atoms with Crippen LogP contribution in [0, 0.1) is 11.7 Å². The van der Waals surface area contributed by atoms with Gasteiger partial charge in [-0.3, -0.25) is 9.36 Å². The van der Waals surface area contributed by atoms with Crippen LogP contribution in [0.3, 0.4) is 0 Å². The Labute approximate surface area is 149 Å². The van der Waals surface area contributed by atoms with Crippen LogP contribution in [0.4, 0.5) is 4.39 Å². The second-order valence-electron chi connectivity index (χ2n) is 6.35. The molecule has 0 aliphatic heterocycles. The molecule has 138 valence electrons. The standard InChI is InChI=1S/C18H20FN3O4/c1-26-15-4-3-12(19)9-14(15)17(11-7-13(23)8-11)21-16(24)10-22-6-2-5-20-18(22)25/h2-6,9,11,13,17,23H,7-8,10H2,1H3,(H,21,24)/t11?,13?,17-/m1/s1. The van der Waals surface area contributed by atoms with E-state index in [0.29, 0.717) is 24.2 Å². The molecule has 1 aromatic carbocycles. The molecule has 26 heavy (non-hydrogen) atoms. The first-order chi connectivity index (χ1) is 12.5. The molecular formula is C18H20FN3O4. The highest BCUT2D eigenvalue weighted by atomic mass is 19.1. The number of carbonyl (C=O) groups is 1. The van der Waals surface area contributed by atoms with Crippen LogP contribution in [0.15, 0.2) is 41.5 Å². The summed E-state index contributed by atoms with van der Waals surface area (Å²) in [6.45, 7) is -0.198. The lowest BCUT2D eigenvalue weighted by Crippen LogP contribution is -2.43. The summed E-state index contributed by atoms with van der Waals surface area (Å²) in [7, 11) is 1.47.